The summed E-state index contributed by atoms with van der Waals surface area (Å²) in [7, 11) is -3.59. The summed E-state index contributed by atoms with van der Waals surface area (Å²) in [5, 5.41) is 3.83. The van der Waals surface area contributed by atoms with Crippen LogP contribution in [-0.4, -0.2) is 25.9 Å². The van der Waals surface area contributed by atoms with Crippen LogP contribution in [0.3, 0.4) is 0 Å². The fourth-order valence-corrected chi connectivity index (χ4v) is 3.15. The van der Waals surface area contributed by atoms with Gasteiger partial charge in [0.25, 0.3) is 0 Å². The molecule has 2 aromatic rings. The van der Waals surface area contributed by atoms with E-state index < -0.39 is 10.0 Å². The van der Waals surface area contributed by atoms with Crippen LogP contribution in [0.25, 0.3) is 0 Å². The van der Waals surface area contributed by atoms with Crippen LogP contribution in [-0.2, 0) is 16.4 Å². The second-order valence-corrected chi connectivity index (χ2v) is 6.80. The molecule has 0 fully saturated rings. The van der Waals surface area contributed by atoms with Gasteiger partial charge in [-0.25, -0.2) is 13.1 Å². The monoisotopic (exact) mass is 322 g/mol. The zero-order chi connectivity index (χ0) is 16.3. The number of aromatic nitrogens is 1. The van der Waals surface area contributed by atoms with Gasteiger partial charge < -0.3 is 4.52 Å². The largest absolute Gasteiger partial charge is 0.361 e. The van der Waals surface area contributed by atoms with Crippen molar-refractivity contribution in [2.45, 2.75) is 32.1 Å². The second-order valence-electron chi connectivity index (χ2n) is 5.03. The van der Waals surface area contributed by atoms with Gasteiger partial charge in [0.1, 0.15) is 5.76 Å². The van der Waals surface area contributed by atoms with E-state index in [0.29, 0.717) is 17.7 Å². The molecule has 0 saturated carbocycles. The van der Waals surface area contributed by atoms with Crippen molar-refractivity contribution in [3.05, 3.63) is 46.8 Å². The maximum absolute atomic E-state index is 12.2. The lowest BCUT2D eigenvalue weighted by molar-refractivity contribution is 0.101. The Kier molecular flexibility index (Phi) is 4.77. The SMILES string of the molecule is CC(=O)c1ccc(S(=O)(=O)NCCc2c(C)noc2C)cc1. The lowest BCUT2D eigenvalue weighted by Gasteiger charge is -2.07. The van der Waals surface area contributed by atoms with E-state index in [9.17, 15) is 13.2 Å². The average molecular weight is 322 g/mol. The van der Waals surface area contributed by atoms with Crippen molar-refractivity contribution in [3.8, 4) is 0 Å². The lowest BCUT2D eigenvalue weighted by atomic mass is 10.1. The highest BCUT2D eigenvalue weighted by Gasteiger charge is 2.15. The van der Waals surface area contributed by atoms with Gasteiger partial charge >= 0.3 is 0 Å². The molecule has 0 aliphatic heterocycles. The first-order valence-corrected chi connectivity index (χ1v) is 8.32. The maximum Gasteiger partial charge on any atom is 0.240 e. The average Bonchev–Trinajstić information content (AvgIpc) is 2.79. The summed E-state index contributed by atoms with van der Waals surface area (Å²) in [6.45, 7) is 5.30. The van der Waals surface area contributed by atoms with Crippen LogP contribution in [0.15, 0.2) is 33.7 Å². The zero-order valence-corrected chi connectivity index (χ0v) is 13.5. The molecule has 118 valence electrons. The molecule has 0 aliphatic carbocycles. The highest BCUT2D eigenvalue weighted by Crippen LogP contribution is 2.14. The summed E-state index contributed by atoms with van der Waals surface area (Å²) in [6.07, 6.45) is 0.506. The number of Topliss-reactive ketones (excluding diaryl/α,β-unsaturated/α-hetero) is 1. The smallest absolute Gasteiger partial charge is 0.240 e. The van der Waals surface area contributed by atoms with Gasteiger partial charge in [-0.1, -0.05) is 17.3 Å². The van der Waals surface area contributed by atoms with Gasteiger partial charge in [0.2, 0.25) is 10.0 Å². The number of hydrogen-bond acceptors (Lipinski definition) is 5. The van der Waals surface area contributed by atoms with Crippen molar-refractivity contribution < 1.29 is 17.7 Å². The molecule has 22 heavy (non-hydrogen) atoms. The standard InChI is InChI=1S/C15H18N2O4S/c1-10-15(12(3)21-17-10)8-9-16-22(19,20)14-6-4-13(5-7-14)11(2)18/h4-7,16H,8-9H2,1-3H3. The molecule has 6 nitrogen and oxygen atoms in total. The van der Waals surface area contributed by atoms with Crippen LogP contribution >= 0.6 is 0 Å². The number of carbonyl (C=O) groups is 1. The van der Waals surface area contributed by atoms with Crippen molar-refractivity contribution in [1.82, 2.24) is 9.88 Å². The van der Waals surface area contributed by atoms with E-state index in [-0.39, 0.29) is 17.2 Å². The number of nitrogens with one attached hydrogen (secondary N) is 1. The van der Waals surface area contributed by atoms with Crippen molar-refractivity contribution in [1.29, 1.82) is 0 Å². The molecule has 1 aromatic heterocycles. The molecular weight excluding hydrogens is 304 g/mol. The third-order valence-electron chi connectivity index (χ3n) is 3.42. The number of ketones is 1. The first-order chi connectivity index (χ1) is 10.3. The summed E-state index contributed by atoms with van der Waals surface area (Å²) >= 11 is 0. The number of rotatable bonds is 6. The first-order valence-electron chi connectivity index (χ1n) is 6.83. The minimum atomic E-state index is -3.59. The quantitative estimate of drug-likeness (QED) is 0.822. The predicted molar refractivity (Wildman–Crippen MR) is 81.3 cm³/mol. The molecule has 1 N–H and O–H groups in total. The highest BCUT2D eigenvalue weighted by molar-refractivity contribution is 7.89. The highest BCUT2D eigenvalue weighted by atomic mass is 32.2. The summed E-state index contributed by atoms with van der Waals surface area (Å²) in [6, 6.07) is 5.86. The molecule has 7 heteroatoms. The van der Waals surface area contributed by atoms with Gasteiger partial charge in [0, 0.05) is 17.7 Å². The van der Waals surface area contributed by atoms with Gasteiger partial charge in [-0.2, -0.15) is 0 Å². The van der Waals surface area contributed by atoms with E-state index in [4.69, 9.17) is 4.52 Å². The van der Waals surface area contributed by atoms with Crippen LogP contribution < -0.4 is 4.72 Å². The molecule has 2 rings (SSSR count). The Morgan fingerprint density at radius 3 is 2.36 bits per heavy atom. The topological polar surface area (TPSA) is 89.3 Å². The van der Waals surface area contributed by atoms with Crippen molar-refractivity contribution in [2.75, 3.05) is 6.54 Å². The Hall–Kier alpha value is -1.99. The number of benzene rings is 1. The fraction of sp³-hybridized carbons (Fsp3) is 0.333. The Labute approximate surface area is 129 Å². The van der Waals surface area contributed by atoms with Gasteiger partial charge in [-0.3, -0.25) is 4.79 Å². The number of nitrogens with zero attached hydrogens (tertiary/aromatic N) is 1. The van der Waals surface area contributed by atoms with E-state index >= 15 is 0 Å². The van der Waals surface area contributed by atoms with E-state index in [1.165, 1.54) is 31.2 Å². The third-order valence-corrected chi connectivity index (χ3v) is 4.90. The Morgan fingerprint density at radius 1 is 1.23 bits per heavy atom. The van der Waals surface area contributed by atoms with Crippen LogP contribution in [0.1, 0.15) is 34.3 Å². The first kappa shape index (κ1) is 16.4. The molecule has 0 saturated heterocycles. The van der Waals surface area contributed by atoms with Crippen molar-refractivity contribution in [2.24, 2.45) is 0 Å². The van der Waals surface area contributed by atoms with E-state index in [0.717, 1.165) is 11.3 Å². The predicted octanol–water partition coefficient (Wildman–Crippen LogP) is 2.02. The zero-order valence-electron chi connectivity index (χ0n) is 12.7. The summed E-state index contributed by atoms with van der Waals surface area (Å²) in [4.78, 5) is 11.3. The van der Waals surface area contributed by atoms with Gasteiger partial charge in [0.15, 0.2) is 5.78 Å². The summed E-state index contributed by atoms with van der Waals surface area (Å²) in [5.74, 6) is 0.595. The van der Waals surface area contributed by atoms with E-state index in [2.05, 4.69) is 9.88 Å². The van der Waals surface area contributed by atoms with Gasteiger partial charge in [-0.05, 0) is 39.3 Å². The van der Waals surface area contributed by atoms with Crippen molar-refractivity contribution in [3.63, 3.8) is 0 Å². The Balaban J connectivity index is 2.03. The normalized spacial score (nSPS) is 11.6. The van der Waals surface area contributed by atoms with E-state index in [1.54, 1.807) is 6.92 Å². The second kappa shape index (κ2) is 6.41. The van der Waals surface area contributed by atoms with Crippen LogP contribution in [0.4, 0.5) is 0 Å². The molecule has 1 aromatic carbocycles. The Bertz CT molecular complexity index is 757. The molecule has 0 radical (unpaired) electrons. The van der Waals surface area contributed by atoms with Gasteiger partial charge in [0.05, 0.1) is 10.6 Å². The summed E-state index contributed by atoms with van der Waals surface area (Å²) < 4.78 is 31.9. The summed E-state index contributed by atoms with van der Waals surface area (Å²) in [5.41, 5.74) is 2.16. The lowest BCUT2D eigenvalue weighted by Crippen LogP contribution is -2.26. The fourth-order valence-electron chi connectivity index (χ4n) is 2.12. The molecule has 0 amide bonds. The molecule has 0 aliphatic rings. The number of hydrogen-bond donors (Lipinski definition) is 1. The molecule has 0 atom stereocenters. The van der Waals surface area contributed by atoms with Crippen LogP contribution in [0.5, 0.6) is 0 Å². The number of aryl methyl sites for hydroxylation is 2. The molecule has 0 spiro atoms. The Morgan fingerprint density at radius 2 is 1.86 bits per heavy atom. The molecule has 0 bridgehead atoms. The number of carbonyl (C=O) groups excluding carboxylic acids is 1. The third kappa shape index (κ3) is 3.61. The minimum absolute atomic E-state index is 0.102. The number of sulfonamides is 1. The molecule has 1 heterocycles. The van der Waals surface area contributed by atoms with Crippen molar-refractivity contribution >= 4 is 15.8 Å². The van der Waals surface area contributed by atoms with Crippen LogP contribution in [0.2, 0.25) is 0 Å². The van der Waals surface area contributed by atoms with Gasteiger partial charge in [-0.15, -0.1) is 0 Å². The van der Waals surface area contributed by atoms with Crippen LogP contribution in [0, 0.1) is 13.8 Å². The van der Waals surface area contributed by atoms with E-state index in [1.807, 2.05) is 6.92 Å². The molecule has 0 unspecified atom stereocenters. The maximum atomic E-state index is 12.2. The minimum Gasteiger partial charge on any atom is -0.361 e. The molecular formula is C15H18N2O4S.